The molecule has 0 saturated heterocycles. The number of aryl methyl sites for hydroxylation is 2. The number of rotatable bonds is 3. The number of hydrogen-bond donors (Lipinski definition) is 1. The molecule has 5 heteroatoms. The minimum absolute atomic E-state index is 0.0635. The van der Waals surface area contributed by atoms with Gasteiger partial charge in [0.2, 0.25) is 0 Å². The van der Waals surface area contributed by atoms with Crippen LogP contribution in [0.25, 0.3) is 0 Å². The van der Waals surface area contributed by atoms with Crippen molar-refractivity contribution in [3.63, 3.8) is 0 Å². The van der Waals surface area contributed by atoms with Crippen molar-refractivity contribution in [2.45, 2.75) is 58.2 Å². The number of imidazole rings is 1. The maximum absolute atomic E-state index is 12.6. The van der Waals surface area contributed by atoms with Gasteiger partial charge in [-0.05, 0) is 39.2 Å². The molecule has 1 fully saturated rings. The Labute approximate surface area is 130 Å². The molecule has 1 saturated carbocycles. The number of nitrogens with one attached hydrogen (secondary N) is 1. The van der Waals surface area contributed by atoms with Gasteiger partial charge in [-0.15, -0.1) is 0 Å². The second kappa shape index (κ2) is 5.00. The average Bonchev–Trinajstić information content (AvgIpc) is 3.12. The normalized spacial score (nSPS) is 20.7. The quantitative estimate of drug-likeness (QED) is 0.946. The van der Waals surface area contributed by atoms with Crippen molar-refractivity contribution in [2.75, 3.05) is 0 Å². The van der Waals surface area contributed by atoms with Crippen molar-refractivity contribution < 1.29 is 4.79 Å². The first-order valence-corrected chi connectivity index (χ1v) is 8.13. The highest BCUT2D eigenvalue weighted by Gasteiger charge is 2.29. The highest BCUT2D eigenvalue weighted by atomic mass is 16.1. The van der Waals surface area contributed by atoms with Gasteiger partial charge in [-0.3, -0.25) is 4.79 Å². The topological polar surface area (TPSA) is 51.9 Å². The standard InChI is InChI=1S/C17H22N4O/c1-11-9-15(12(2)21(11)14-4-5-14)17(22)19-13-3-6-16-18-7-8-20(16)10-13/h7-9,13-14H,3-6,10H2,1-2H3,(H,19,22). The molecule has 1 amide bonds. The predicted octanol–water partition coefficient (Wildman–Crippen LogP) is 2.38. The van der Waals surface area contributed by atoms with Gasteiger partial charge < -0.3 is 14.5 Å². The number of carbonyl (C=O) groups is 1. The zero-order valence-electron chi connectivity index (χ0n) is 13.2. The van der Waals surface area contributed by atoms with Crippen LogP contribution in [0.3, 0.4) is 0 Å². The first-order chi connectivity index (χ1) is 10.6. The summed E-state index contributed by atoms with van der Waals surface area (Å²) in [5, 5.41) is 3.21. The molecule has 0 radical (unpaired) electrons. The molecular weight excluding hydrogens is 276 g/mol. The number of carbonyl (C=O) groups excluding carboxylic acids is 1. The molecule has 2 aromatic heterocycles. The van der Waals surface area contributed by atoms with E-state index < -0.39 is 0 Å². The number of fused-ring (bicyclic) bond motifs is 1. The van der Waals surface area contributed by atoms with Crippen LogP contribution in [0.2, 0.25) is 0 Å². The Kier molecular flexibility index (Phi) is 3.10. The van der Waals surface area contributed by atoms with E-state index in [4.69, 9.17) is 0 Å². The van der Waals surface area contributed by atoms with Crippen LogP contribution in [0.15, 0.2) is 18.5 Å². The largest absolute Gasteiger partial charge is 0.347 e. The third-order valence-electron chi connectivity index (χ3n) is 4.91. The lowest BCUT2D eigenvalue weighted by molar-refractivity contribution is 0.0927. The molecule has 0 aromatic carbocycles. The van der Waals surface area contributed by atoms with Gasteiger partial charge in [0.25, 0.3) is 5.91 Å². The molecule has 4 rings (SSSR count). The first-order valence-electron chi connectivity index (χ1n) is 8.13. The monoisotopic (exact) mass is 298 g/mol. The average molecular weight is 298 g/mol. The SMILES string of the molecule is Cc1cc(C(=O)NC2CCc3nccn3C2)c(C)n1C1CC1. The van der Waals surface area contributed by atoms with Gasteiger partial charge in [0, 0.05) is 48.8 Å². The van der Waals surface area contributed by atoms with E-state index in [-0.39, 0.29) is 11.9 Å². The molecule has 1 aliphatic carbocycles. The molecule has 22 heavy (non-hydrogen) atoms. The van der Waals surface area contributed by atoms with Gasteiger partial charge in [-0.25, -0.2) is 4.98 Å². The van der Waals surface area contributed by atoms with E-state index in [1.165, 1.54) is 18.5 Å². The molecule has 0 spiro atoms. The molecule has 1 N–H and O–H groups in total. The van der Waals surface area contributed by atoms with Crippen LogP contribution < -0.4 is 5.32 Å². The van der Waals surface area contributed by atoms with Crippen molar-refractivity contribution in [2.24, 2.45) is 0 Å². The van der Waals surface area contributed by atoms with Gasteiger partial charge >= 0.3 is 0 Å². The highest BCUT2D eigenvalue weighted by molar-refractivity contribution is 5.96. The van der Waals surface area contributed by atoms with E-state index >= 15 is 0 Å². The zero-order valence-corrected chi connectivity index (χ0v) is 13.2. The summed E-state index contributed by atoms with van der Waals surface area (Å²) >= 11 is 0. The Morgan fingerprint density at radius 3 is 2.91 bits per heavy atom. The minimum Gasteiger partial charge on any atom is -0.347 e. The van der Waals surface area contributed by atoms with Crippen LogP contribution in [-0.4, -0.2) is 26.1 Å². The van der Waals surface area contributed by atoms with Crippen molar-refractivity contribution in [1.82, 2.24) is 19.4 Å². The van der Waals surface area contributed by atoms with Crippen molar-refractivity contribution in [3.05, 3.63) is 41.2 Å². The summed E-state index contributed by atoms with van der Waals surface area (Å²) in [6.07, 6.45) is 8.20. The lowest BCUT2D eigenvalue weighted by Crippen LogP contribution is -2.41. The van der Waals surface area contributed by atoms with Gasteiger partial charge in [0.1, 0.15) is 5.82 Å². The molecule has 1 unspecified atom stereocenters. The lowest BCUT2D eigenvalue weighted by Gasteiger charge is -2.24. The number of hydrogen-bond acceptors (Lipinski definition) is 2. The summed E-state index contributed by atoms with van der Waals surface area (Å²) in [6.45, 7) is 4.98. The maximum Gasteiger partial charge on any atom is 0.253 e. The van der Waals surface area contributed by atoms with Crippen LogP contribution >= 0.6 is 0 Å². The molecule has 2 aromatic rings. The van der Waals surface area contributed by atoms with Gasteiger partial charge in [0.05, 0.1) is 5.56 Å². The Balaban J connectivity index is 1.50. The van der Waals surface area contributed by atoms with Crippen LogP contribution in [0, 0.1) is 13.8 Å². The second-order valence-electron chi connectivity index (χ2n) is 6.59. The number of amides is 1. The van der Waals surface area contributed by atoms with Crippen molar-refractivity contribution in [1.29, 1.82) is 0 Å². The predicted molar refractivity (Wildman–Crippen MR) is 84.0 cm³/mol. The second-order valence-corrected chi connectivity index (χ2v) is 6.59. The van der Waals surface area contributed by atoms with E-state index in [1.807, 2.05) is 18.5 Å². The maximum atomic E-state index is 12.6. The van der Waals surface area contributed by atoms with E-state index in [1.54, 1.807) is 0 Å². The van der Waals surface area contributed by atoms with Crippen LogP contribution in [-0.2, 0) is 13.0 Å². The molecule has 2 aliphatic rings. The highest BCUT2D eigenvalue weighted by Crippen LogP contribution is 2.38. The molecular formula is C17H22N4O. The fourth-order valence-electron chi connectivity index (χ4n) is 3.65. The van der Waals surface area contributed by atoms with E-state index in [0.29, 0.717) is 6.04 Å². The molecule has 1 atom stereocenters. The lowest BCUT2D eigenvalue weighted by atomic mass is 10.1. The van der Waals surface area contributed by atoms with Gasteiger partial charge in [-0.1, -0.05) is 0 Å². The third kappa shape index (κ3) is 2.25. The Morgan fingerprint density at radius 2 is 2.14 bits per heavy atom. The summed E-state index contributed by atoms with van der Waals surface area (Å²) in [5.41, 5.74) is 3.14. The Hall–Kier alpha value is -2.04. The molecule has 0 bridgehead atoms. The fraction of sp³-hybridized carbons (Fsp3) is 0.529. The first kappa shape index (κ1) is 13.6. The Morgan fingerprint density at radius 1 is 1.32 bits per heavy atom. The number of aromatic nitrogens is 3. The van der Waals surface area contributed by atoms with Crippen LogP contribution in [0.5, 0.6) is 0 Å². The summed E-state index contributed by atoms with van der Waals surface area (Å²) in [4.78, 5) is 17.0. The van der Waals surface area contributed by atoms with Crippen molar-refractivity contribution >= 4 is 5.91 Å². The van der Waals surface area contributed by atoms with Crippen LogP contribution in [0.1, 0.15) is 52.9 Å². The van der Waals surface area contributed by atoms with Gasteiger partial charge in [0.15, 0.2) is 0 Å². The van der Waals surface area contributed by atoms with Crippen molar-refractivity contribution in [3.8, 4) is 0 Å². The van der Waals surface area contributed by atoms with Gasteiger partial charge in [-0.2, -0.15) is 0 Å². The van der Waals surface area contributed by atoms with E-state index in [0.717, 1.165) is 36.5 Å². The Bertz CT molecular complexity index is 723. The summed E-state index contributed by atoms with van der Waals surface area (Å²) < 4.78 is 4.46. The summed E-state index contributed by atoms with van der Waals surface area (Å²) in [7, 11) is 0. The number of nitrogens with zero attached hydrogens (tertiary/aromatic N) is 3. The summed E-state index contributed by atoms with van der Waals surface area (Å²) in [6, 6.07) is 2.84. The van der Waals surface area contributed by atoms with E-state index in [2.05, 4.69) is 33.3 Å². The molecule has 116 valence electrons. The van der Waals surface area contributed by atoms with Crippen LogP contribution in [0.4, 0.5) is 0 Å². The minimum atomic E-state index is 0.0635. The molecule has 5 nitrogen and oxygen atoms in total. The third-order valence-corrected chi connectivity index (χ3v) is 4.91. The summed E-state index contributed by atoms with van der Waals surface area (Å²) in [5.74, 6) is 1.19. The molecule has 3 heterocycles. The smallest absolute Gasteiger partial charge is 0.253 e. The fourth-order valence-corrected chi connectivity index (χ4v) is 3.65. The molecule has 1 aliphatic heterocycles. The van der Waals surface area contributed by atoms with E-state index in [9.17, 15) is 4.79 Å². The zero-order chi connectivity index (χ0) is 15.3.